The smallest absolute Gasteiger partial charge is 0.127 e. The quantitative estimate of drug-likeness (QED) is 0.922. The van der Waals surface area contributed by atoms with Gasteiger partial charge in [-0.25, -0.2) is 4.39 Å². The van der Waals surface area contributed by atoms with Crippen molar-refractivity contribution in [3.63, 3.8) is 0 Å². The first-order chi connectivity index (χ1) is 8.19. The van der Waals surface area contributed by atoms with Gasteiger partial charge < -0.3 is 10.1 Å². The average Bonchev–Trinajstić information content (AvgIpc) is 2.78. The molecule has 1 aromatic rings. The Morgan fingerprint density at radius 1 is 1.47 bits per heavy atom. The number of ether oxygens (including phenoxy) is 1. The van der Waals surface area contributed by atoms with Gasteiger partial charge in [0.2, 0.25) is 0 Å². The van der Waals surface area contributed by atoms with Gasteiger partial charge in [0.1, 0.15) is 5.82 Å². The number of methoxy groups -OCH3 is 1. The molecule has 1 saturated carbocycles. The van der Waals surface area contributed by atoms with Crippen LogP contribution in [-0.4, -0.2) is 19.3 Å². The molecule has 0 amide bonds. The third kappa shape index (κ3) is 3.50. The Balaban J connectivity index is 1.88. The molecule has 1 N–H and O–H groups in total. The third-order valence-corrected chi connectivity index (χ3v) is 3.80. The zero-order valence-corrected chi connectivity index (χ0v) is 11.5. The second kappa shape index (κ2) is 5.94. The maximum atomic E-state index is 13.5. The Hall–Kier alpha value is -0.450. The topological polar surface area (TPSA) is 21.3 Å². The van der Waals surface area contributed by atoms with E-state index in [4.69, 9.17) is 4.74 Å². The fourth-order valence-corrected chi connectivity index (χ4v) is 2.68. The molecule has 1 aliphatic rings. The average molecular weight is 302 g/mol. The van der Waals surface area contributed by atoms with Crippen LogP contribution in [0.2, 0.25) is 0 Å². The van der Waals surface area contributed by atoms with Crippen LogP contribution in [0.5, 0.6) is 0 Å². The summed E-state index contributed by atoms with van der Waals surface area (Å²) in [4.78, 5) is 0. The first kappa shape index (κ1) is 13.0. The number of benzene rings is 1. The van der Waals surface area contributed by atoms with E-state index in [9.17, 15) is 4.39 Å². The largest absolute Gasteiger partial charge is 0.381 e. The minimum atomic E-state index is -0.151. The first-order valence-electron chi connectivity index (χ1n) is 5.89. The second-order valence-corrected chi connectivity index (χ2v) is 5.40. The molecule has 2 nitrogen and oxygen atoms in total. The number of nitrogens with one attached hydrogen (secondary N) is 1. The van der Waals surface area contributed by atoms with Gasteiger partial charge in [0.15, 0.2) is 0 Å². The van der Waals surface area contributed by atoms with Gasteiger partial charge in [0.25, 0.3) is 0 Å². The second-order valence-electron chi connectivity index (χ2n) is 4.48. The number of halogens is 2. The lowest BCUT2D eigenvalue weighted by molar-refractivity contribution is 0.107. The van der Waals surface area contributed by atoms with Crippen LogP contribution < -0.4 is 5.32 Å². The number of hydrogen-bond acceptors (Lipinski definition) is 2. The fourth-order valence-electron chi connectivity index (χ4n) is 2.27. The summed E-state index contributed by atoms with van der Waals surface area (Å²) in [5, 5.41) is 3.39. The van der Waals surface area contributed by atoms with Gasteiger partial charge in [-0.05, 0) is 37.5 Å². The molecule has 0 bridgehead atoms. The monoisotopic (exact) mass is 301 g/mol. The van der Waals surface area contributed by atoms with Gasteiger partial charge in [-0.15, -0.1) is 0 Å². The Labute approximate surface area is 110 Å². The molecular formula is C13H17BrFNO. The van der Waals surface area contributed by atoms with Gasteiger partial charge in [-0.3, -0.25) is 0 Å². The van der Waals surface area contributed by atoms with Crippen molar-refractivity contribution in [2.24, 2.45) is 0 Å². The highest BCUT2D eigenvalue weighted by molar-refractivity contribution is 9.10. The predicted octanol–water partition coefficient (Wildman–Crippen LogP) is 3.25. The molecule has 94 valence electrons. The summed E-state index contributed by atoms with van der Waals surface area (Å²) in [6.07, 6.45) is 3.58. The van der Waals surface area contributed by atoms with Crippen molar-refractivity contribution in [2.45, 2.75) is 38.0 Å². The van der Waals surface area contributed by atoms with Gasteiger partial charge in [0, 0.05) is 29.7 Å². The summed E-state index contributed by atoms with van der Waals surface area (Å²) in [7, 11) is 1.75. The number of rotatable bonds is 4. The van der Waals surface area contributed by atoms with Crippen LogP contribution in [0, 0.1) is 5.82 Å². The van der Waals surface area contributed by atoms with Crippen molar-refractivity contribution in [3.8, 4) is 0 Å². The Morgan fingerprint density at radius 3 is 3.00 bits per heavy atom. The van der Waals surface area contributed by atoms with E-state index in [1.807, 2.05) is 6.07 Å². The van der Waals surface area contributed by atoms with E-state index in [0.29, 0.717) is 24.3 Å². The van der Waals surface area contributed by atoms with E-state index < -0.39 is 0 Å². The lowest BCUT2D eigenvalue weighted by atomic mass is 10.2. The van der Waals surface area contributed by atoms with Crippen LogP contribution in [0.4, 0.5) is 4.39 Å². The first-order valence-corrected chi connectivity index (χ1v) is 6.68. The highest BCUT2D eigenvalue weighted by Gasteiger charge is 2.23. The van der Waals surface area contributed by atoms with Crippen LogP contribution >= 0.6 is 15.9 Å². The molecule has 0 spiro atoms. The van der Waals surface area contributed by atoms with Crippen molar-refractivity contribution < 1.29 is 9.13 Å². The summed E-state index contributed by atoms with van der Waals surface area (Å²) in [6, 6.07) is 5.48. The van der Waals surface area contributed by atoms with Crippen molar-refractivity contribution in [1.82, 2.24) is 5.32 Å². The molecule has 4 heteroatoms. The third-order valence-electron chi connectivity index (χ3n) is 3.31. The van der Waals surface area contributed by atoms with Crippen molar-refractivity contribution in [3.05, 3.63) is 34.1 Å². The van der Waals surface area contributed by atoms with Crippen LogP contribution in [0.1, 0.15) is 24.8 Å². The normalized spacial score (nSPS) is 24.2. The molecule has 17 heavy (non-hydrogen) atoms. The van der Waals surface area contributed by atoms with E-state index in [-0.39, 0.29) is 5.82 Å². The Bertz CT molecular complexity index is 386. The van der Waals surface area contributed by atoms with Gasteiger partial charge >= 0.3 is 0 Å². The molecule has 0 radical (unpaired) electrons. The van der Waals surface area contributed by atoms with Crippen molar-refractivity contribution in [1.29, 1.82) is 0 Å². The Morgan fingerprint density at radius 2 is 2.29 bits per heavy atom. The number of hydrogen-bond donors (Lipinski definition) is 1. The summed E-state index contributed by atoms with van der Waals surface area (Å²) >= 11 is 3.36. The fraction of sp³-hybridized carbons (Fsp3) is 0.538. The highest BCUT2D eigenvalue weighted by Crippen LogP contribution is 2.22. The molecule has 0 heterocycles. The van der Waals surface area contributed by atoms with E-state index in [1.165, 1.54) is 6.07 Å². The van der Waals surface area contributed by atoms with E-state index >= 15 is 0 Å². The molecule has 0 aromatic heterocycles. The van der Waals surface area contributed by atoms with Gasteiger partial charge in [-0.1, -0.05) is 15.9 Å². The molecule has 2 atom stereocenters. The molecule has 1 aliphatic carbocycles. The molecule has 0 aliphatic heterocycles. The molecular weight excluding hydrogens is 285 g/mol. The van der Waals surface area contributed by atoms with Crippen LogP contribution in [0.15, 0.2) is 22.7 Å². The van der Waals surface area contributed by atoms with Crippen molar-refractivity contribution >= 4 is 15.9 Å². The summed E-state index contributed by atoms with van der Waals surface area (Å²) in [5.74, 6) is -0.151. The highest BCUT2D eigenvalue weighted by atomic mass is 79.9. The van der Waals surface area contributed by atoms with Gasteiger partial charge in [-0.2, -0.15) is 0 Å². The molecule has 1 fully saturated rings. The molecule has 2 unspecified atom stereocenters. The molecule has 0 saturated heterocycles. The van der Waals surface area contributed by atoms with Crippen LogP contribution in [0.3, 0.4) is 0 Å². The maximum Gasteiger partial charge on any atom is 0.127 e. The maximum absolute atomic E-state index is 13.5. The molecule has 1 aromatic carbocycles. The lowest BCUT2D eigenvalue weighted by Crippen LogP contribution is -2.27. The molecule has 2 rings (SSSR count). The SMILES string of the molecule is COC1CCC(NCc2cc(Br)ccc2F)C1. The van der Waals surface area contributed by atoms with Crippen LogP contribution in [-0.2, 0) is 11.3 Å². The summed E-state index contributed by atoms with van der Waals surface area (Å²) < 4.78 is 19.7. The van der Waals surface area contributed by atoms with E-state index in [2.05, 4.69) is 21.2 Å². The zero-order chi connectivity index (χ0) is 12.3. The predicted molar refractivity (Wildman–Crippen MR) is 69.4 cm³/mol. The lowest BCUT2D eigenvalue weighted by Gasteiger charge is -2.13. The van der Waals surface area contributed by atoms with Crippen molar-refractivity contribution in [2.75, 3.05) is 7.11 Å². The zero-order valence-electron chi connectivity index (χ0n) is 9.88. The van der Waals surface area contributed by atoms with E-state index in [1.54, 1.807) is 13.2 Å². The van der Waals surface area contributed by atoms with Crippen LogP contribution in [0.25, 0.3) is 0 Å². The summed E-state index contributed by atoms with van der Waals surface area (Å²) in [5.41, 5.74) is 0.709. The standard InChI is InChI=1S/C13H17BrFNO/c1-17-12-4-3-11(7-12)16-8-9-6-10(14)2-5-13(9)15/h2,5-6,11-12,16H,3-4,7-8H2,1H3. The van der Waals surface area contributed by atoms with Gasteiger partial charge in [0.05, 0.1) is 6.10 Å². The Kier molecular flexibility index (Phi) is 4.54. The minimum absolute atomic E-state index is 0.151. The summed E-state index contributed by atoms with van der Waals surface area (Å²) in [6.45, 7) is 0.576. The van der Waals surface area contributed by atoms with E-state index in [0.717, 1.165) is 23.7 Å². The minimum Gasteiger partial charge on any atom is -0.381 e.